The fourth-order valence-electron chi connectivity index (χ4n) is 1.50. The molecule has 3 heteroatoms. The van der Waals surface area contributed by atoms with E-state index in [1.54, 1.807) is 0 Å². The van der Waals surface area contributed by atoms with Crippen LogP contribution in [0.25, 0.3) is 0 Å². The van der Waals surface area contributed by atoms with Crippen molar-refractivity contribution in [1.82, 2.24) is 4.90 Å². The molecule has 0 fully saturated rings. The van der Waals surface area contributed by atoms with E-state index in [1.165, 1.54) is 0 Å². The average molecular weight is 228 g/mol. The number of hydrogen-bond donors (Lipinski definition) is 1. The second-order valence-electron chi connectivity index (χ2n) is 5.58. The lowest BCUT2D eigenvalue weighted by molar-refractivity contribution is -0.135. The minimum atomic E-state index is -0.366. The highest BCUT2D eigenvalue weighted by Gasteiger charge is 2.25. The van der Waals surface area contributed by atoms with Crippen molar-refractivity contribution < 1.29 is 4.79 Å². The first-order valence-electron chi connectivity index (χ1n) is 6.33. The van der Waals surface area contributed by atoms with Crippen LogP contribution in [0.15, 0.2) is 0 Å². The molecule has 3 nitrogen and oxygen atoms in total. The lowest BCUT2D eigenvalue weighted by Gasteiger charge is -2.31. The van der Waals surface area contributed by atoms with Crippen LogP contribution < -0.4 is 5.73 Å². The Morgan fingerprint density at radius 2 is 1.62 bits per heavy atom. The van der Waals surface area contributed by atoms with Gasteiger partial charge in [0.15, 0.2) is 0 Å². The molecule has 0 aromatic rings. The van der Waals surface area contributed by atoms with Gasteiger partial charge in [-0.3, -0.25) is 4.79 Å². The molecule has 0 aliphatic carbocycles. The van der Waals surface area contributed by atoms with E-state index >= 15 is 0 Å². The molecule has 0 rings (SSSR count). The molecule has 1 amide bonds. The van der Waals surface area contributed by atoms with Crippen molar-refractivity contribution in [2.75, 3.05) is 6.54 Å². The van der Waals surface area contributed by atoms with Crippen LogP contribution >= 0.6 is 0 Å². The van der Waals surface area contributed by atoms with E-state index < -0.39 is 0 Å². The van der Waals surface area contributed by atoms with Crippen LogP contribution in [0.4, 0.5) is 0 Å². The summed E-state index contributed by atoms with van der Waals surface area (Å²) in [6.07, 6.45) is 1.04. The lowest BCUT2D eigenvalue weighted by atomic mass is 10.0. The molecule has 0 aliphatic rings. The van der Waals surface area contributed by atoms with E-state index in [4.69, 9.17) is 5.73 Å². The zero-order valence-corrected chi connectivity index (χ0v) is 11.7. The third kappa shape index (κ3) is 4.97. The SMILES string of the molecule is CC(C)CCN(C(=O)C(N)C(C)C)C(C)C. The molecule has 0 saturated heterocycles. The second kappa shape index (κ2) is 6.89. The standard InChI is InChI=1S/C13H28N2O/c1-9(2)7-8-15(11(5)6)13(16)12(14)10(3)4/h9-12H,7-8,14H2,1-6H3. The number of rotatable bonds is 6. The first-order valence-corrected chi connectivity index (χ1v) is 6.33. The van der Waals surface area contributed by atoms with Gasteiger partial charge in [-0.25, -0.2) is 0 Å². The number of amides is 1. The molecule has 1 unspecified atom stereocenters. The first-order chi connectivity index (χ1) is 7.27. The molecule has 16 heavy (non-hydrogen) atoms. The van der Waals surface area contributed by atoms with Crippen LogP contribution in [-0.2, 0) is 4.79 Å². The van der Waals surface area contributed by atoms with Gasteiger partial charge >= 0.3 is 0 Å². The van der Waals surface area contributed by atoms with Gasteiger partial charge in [0.1, 0.15) is 0 Å². The van der Waals surface area contributed by atoms with Crippen LogP contribution in [0, 0.1) is 11.8 Å². The number of hydrogen-bond acceptors (Lipinski definition) is 2. The Morgan fingerprint density at radius 3 is 1.94 bits per heavy atom. The summed E-state index contributed by atoms with van der Waals surface area (Å²) in [5.41, 5.74) is 5.91. The van der Waals surface area contributed by atoms with E-state index in [2.05, 4.69) is 13.8 Å². The Morgan fingerprint density at radius 1 is 1.12 bits per heavy atom. The summed E-state index contributed by atoms with van der Waals surface area (Å²) in [5, 5.41) is 0. The molecular weight excluding hydrogens is 200 g/mol. The molecule has 96 valence electrons. The molecular formula is C13H28N2O. The average Bonchev–Trinajstić information content (AvgIpc) is 2.15. The summed E-state index contributed by atoms with van der Waals surface area (Å²) in [6, 6.07) is -0.134. The molecule has 2 N–H and O–H groups in total. The van der Waals surface area contributed by atoms with Crippen LogP contribution in [0.2, 0.25) is 0 Å². The number of nitrogens with two attached hydrogens (primary N) is 1. The summed E-state index contributed by atoms with van der Waals surface area (Å²) in [7, 11) is 0. The number of nitrogens with zero attached hydrogens (tertiary/aromatic N) is 1. The van der Waals surface area contributed by atoms with E-state index in [1.807, 2.05) is 32.6 Å². The topological polar surface area (TPSA) is 46.3 Å². The Bertz CT molecular complexity index is 212. The number of carbonyl (C=O) groups is 1. The molecule has 0 aromatic heterocycles. The summed E-state index contributed by atoms with van der Waals surface area (Å²) in [5.74, 6) is 0.905. The zero-order chi connectivity index (χ0) is 12.9. The monoisotopic (exact) mass is 228 g/mol. The molecule has 0 aliphatic heterocycles. The first kappa shape index (κ1) is 15.4. The zero-order valence-electron chi connectivity index (χ0n) is 11.7. The maximum absolute atomic E-state index is 12.1. The summed E-state index contributed by atoms with van der Waals surface area (Å²) in [6.45, 7) is 13.2. The molecule has 1 atom stereocenters. The van der Waals surface area contributed by atoms with Gasteiger partial charge in [0.25, 0.3) is 0 Å². The summed E-state index contributed by atoms with van der Waals surface area (Å²) < 4.78 is 0. The highest BCUT2D eigenvalue weighted by molar-refractivity contribution is 5.82. The maximum Gasteiger partial charge on any atom is 0.239 e. The van der Waals surface area contributed by atoms with Crippen molar-refractivity contribution in [2.24, 2.45) is 17.6 Å². The smallest absolute Gasteiger partial charge is 0.239 e. The van der Waals surface area contributed by atoms with Gasteiger partial charge in [0.2, 0.25) is 5.91 Å². The fourth-order valence-corrected chi connectivity index (χ4v) is 1.50. The fraction of sp³-hybridized carbons (Fsp3) is 0.923. The highest BCUT2D eigenvalue weighted by atomic mass is 16.2. The van der Waals surface area contributed by atoms with Gasteiger partial charge in [-0.2, -0.15) is 0 Å². The maximum atomic E-state index is 12.1. The highest BCUT2D eigenvalue weighted by Crippen LogP contribution is 2.10. The van der Waals surface area contributed by atoms with Crippen molar-refractivity contribution in [3.05, 3.63) is 0 Å². The number of carbonyl (C=O) groups excluding carboxylic acids is 1. The predicted molar refractivity (Wildman–Crippen MR) is 69.1 cm³/mol. The Balaban J connectivity index is 4.47. The Labute approximate surface area is 100 Å². The molecule has 0 aromatic carbocycles. The van der Waals surface area contributed by atoms with Crippen molar-refractivity contribution >= 4 is 5.91 Å². The van der Waals surface area contributed by atoms with Crippen molar-refractivity contribution in [3.8, 4) is 0 Å². The van der Waals surface area contributed by atoms with Crippen LogP contribution in [-0.4, -0.2) is 29.4 Å². The quantitative estimate of drug-likeness (QED) is 0.758. The van der Waals surface area contributed by atoms with Gasteiger partial charge < -0.3 is 10.6 Å². The van der Waals surface area contributed by atoms with Crippen LogP contribution in [0.3, 0.4) is 0 Å². The van der Waals surface area contributed by atoms with E-state index in [-0.39, 0.29) is 23.9 Å². The van der Waals surface area contributed by atoms with E-state index in [0.29, 0.717) is 5.92 Å². The van der Waals surface area contributed by atoms with Gasteiger partial charge in [-0.1, -0.05) is 27.7 Å². The third-order valence-corrected chi connectivity index (χ3v) is 2.86. The van der Waals surface area contributed by atoms with Crippen LogP contribution in [0.1, 0.15) is 48.0 Å². The van der Waals surface area contributed by atoms with Gasteiger partial charge in [-0.05, 0) is 32.1 Å². The third-order valence-electron chi connectivity index (χ3n) is 2.86. The van der Waals surface area contributed by atoms with E-state index in [0.717, 1.165) is 13.0 Å². The molecule has 0 saturated carbocycles. The van der Waals surface area contributed by atoms with Crippen LogP contribution in [0.5, 0.6) is 0 Å². The molecule has 0 heterocycles. The summed E-state index contributed by atoms with van der Waals surface area (Å²) >= 11 is 0. The second-order valence-corrected chi connectivity index (χ2v) is 5.58. The van der Waals surface area contributed by atoms with Crippen molar-refractivity contribution in [2.45, 2.75) is 60.0 Å². The Hall–Kier alpha value is -0.570. The predicted octanol–water partition coefficient (Wildman–Crippen LogP) is 2.25. The normalized spacial score (nSPS) is 13.6. The van der Waals surface area contributed by atoms with Crippen molar-refractivity contribution in [3.63, 3.8) is 0 Å². The van der Waals surface area contributed by atoms with Gasteiger partial charge in [-0.15, -0.1) is 0 Å². The van der Waals surface area contributed by atoms with Crippen molar-refractivity contribution in [1.29, 1.82) is 0 Å². The largest absolute Gasteiger partial charge is 0.339 e. The van der Waals surface area contributed by atoms with E-state index in [9.17, 15) is 4.79 Å². The van der Waals surface area contributed by atoms with Gasteiger partial charge in [0, 0.05) is 12.6 Å². The molecule has 0 bridgehead atoms. The molecule has 0 spiro atoms. The summed E-state index contributed by atoms with van der Waals surface area (Å²) in [4.78, 5) is 14.0. The Kier molecular flexibility index (Phi) is 6.65. The molecule has 0 radical (unpaired) electrons. The van der Waals surface area contributed by atoms with Gasteiger partial charge in [0.05, 0.1) is 6.04 Å². The minimum absolute atomic E-state index is 0.0886. The minimum Gasteiger partial charge on any atom is -0.339 e. The lowest BCUT2D eigenvalue weighted by Crippen LogP contribution is -2.49.